The first-order chi connectivity index (χ1) is 14.7. The van der Waals surface area contributed by atoms with Gasteiger partial charge in [-0.05, 0) is 31.2 Å². The smallest absolute Gasteiger partial charge is 0.275 e. The molecule has 0 N–H and O–H groups in total. The average Bonchev–Trinajstić information content (AvgIpc) is 3.20. The number of nitrogens with zero attached hydrogens (tertiary/aromatic N) is 4. The van der Waals surface area contributed by atoms with Gasteiger partial charge in [-0.3, -0.25) is 9.69 Å². The fourth-order valence-electron chi connectivity index (χ4n) is 3.26. The highest BCUT2D eigenvalue weighted by Crippen LogP contribution is 2.24. The maximum Gasteiger partial charge on any atom is 0.275 e. The maximum absolute atomic E-state index is 12.6. The summed E-state index contributed by atoms with van der Waals surface area (Å²) in [5, 5.41) is 5.24. The van der Waals surface area contributed by atoms with Crippen molar-refractivity contribution in [2.75, 3.05) is 13.2 Å². The van der Waals surface area contributed by atoms with Gasteiger partial charge in [0.05, 0.1) is 12.3 Å². The van der Waals surface area contributed by atoms with Gasteiger partial charge >= 0.3 is 0 Å². The highest BCUT2D eigenvalue weighted by molar-refractivity contribution is 7.19. The predicted octanol–water partition coefficient (Wildman–Crippen LogP) is 4.24. The van der Waals surface area contributed by atoms with Crippen molar-refractivity contribution >= 4 is 16.3 Å². The van der Waals surface area contributed by atoms with Gasteiger partial charge in [-0.1, -0.05) is 60.7 Å². The monoisotopic (exact) mass is 420 g/mol. The zero-order chi connectivity index (χ0) is 20.9. The summed E-state index contributed by atoms with van der Waals surface area (Å²) in [6.45, 7) is 6.99. The predicted molar refractivity (Wildman–Crippen MR) is 120 cm³/mol. The maximum atomic E-state index is 12.6. The van der Waals surface area contributed by atoms with Gasteiger partial charge in [0, 0.05) is 24.7 Å². The van der Waals surface area contributed by atoms with Crippen LogP contribution in [0.5, 0.6) is 5.75 Å². The Balaban J connectivity index is 1.53. The van der Waals surface area contributed by atoms with Crippen LogP contribution in [-0.4, -0.2) is 32.6 Å². The third-order valence-corrected chi connectivity index (χ3v) is 5.75. The number of aromatic nitrogens is 3. The Morgan fingerprint density at radius 2 is 1.80 bits per heavy atom. The minimum atomic E-state index is -0.148. The van der Waals surface area contributed by atoms with Gasteiger partial charge in [-0.15, -0.1) is 0 Å². The minimum Gasteiger partial charge on any atom is -0.494 e. The van der Waals surface area contributed by atoms with Crippen molar-refractivity contribution in [2.24, 2.45) is 0 Å². The summed E-state index contributed by atoms with van der Waals surface area (Å²) in [6, 6.07) is 19.6. The summed E-state index contributed by atoms with van der Waals surface area (Å²) >= 11 is 1.43. The van der Waals surface area contributed by atoms with Gasteiger partial charge < -0.3 is 4.74 Å². The van der Waals surface area contributed by atoms with Crippen LogP contribution < -0.4 is 10.3 Å². The van der Waals surface area contributed by atoms with Crippen LogP contribution in [0.25, 0.3) is 15.5 Å². The van der Waals surface area contributed by atoms with Gasteiger partial charge in [0.1, 0.15) is 10.8 Å². The Labute approximate surface area is 179 Å². The standard InChI is InChI=1S/C23H24N4O2S/c1-3-26(15-17-10-12-20(13-11-17)29-4-2)16-19-14-21(28)27-23(24-19)30-22(25-27)18-8-6-5-7-9-18/h5-14H,3-4,15-16H2,1-2H3. The molecule has 30 heavy (non-hydrogen) atoms. The second kappa shape index (κ2) is 9.19. The van der Waals surface area contributed by atoms with Crippen LogP contribution in [0.1, 0.15) is 25.1 Å². The summed E-state index contributed by atoms with van der Waals surface area (Å²) in [5.41, 5.74) is 2.79. The average molecular weight is 421 g/mol. The van der Waals surface area contributed by atoms with Crippen molar-refractivity contribution in [1.29, 1.82) is 0 Å². The molecular weight excluding hydrogens is 396 g/mol. The van der Waals surface area contributed by atoms with Gasteiger partial charge in [0.15, 0.2) is 0 Å². The van der Waals surface area contributed by atoms with E-state index >= 15 is 0 Å². The van der Waals surface area contributed by atoms with Gasteiger partial charge in [-0.25, -0.2) is 4.98 Å². The van der Waals surface area contributed by atoms with Gasteiger partial charge in [-0.2, -0.15) is 9.61 Å². The van der Waals surface area contributed by atoms with Crippen LogP contribution in [0.2, 0.25) is 0 Å². The third-order valence-electron chi connectivity index (χ3n) is 4.79. The molecular formula is C23H24N4O2S. The SMILES string of the molecule is CCOc1ccc(CN(CC)Cc2cc(=O)n3nc(-c4ccccc4)sc3n2)cc1. The molecule has 0 aliphatic heterocycles. The quantitative estimate of drug-likeness (QED) is 0.427. The lowest BCUT2D eigenvalue weighted by molar-refractivity contribution is 0.268. The molecule has 0 saturated heterocycles. The van der Waals surface area contributed by atoms with E-state index in [1.807, 2.05) is 49.4 Å². The Morgan fingerprint density at radius 1 is 1.03 bits per heavy atom. The summed E-state index contributed by atoms with van der Waals surface area (Å²) < 4.78 is 6.90. The normalized spacial score (nSPS) is 11.3. The van der Waals surface area contributed by atoms with E-state index in [4.69, 9.17) is 9.72 Å². The van der Waals surface area contributed by atoms with Crippen LogP contribution in [0, 0.1) is 0 Å². The highest BCUT2D eigenvalue weighted by Gasteiger charge is 2.13. The van der Waals surface area contributed by atoms with Crippen molar-refractivity contribution in [3.8, 4) is 16.3 Å². The van der Waals surface area contributed by atoms with E-state index in [0.717, 1.165) is 35.1 Å². The lowest BCUT2D eigenvalue weighted by atomic mass is 10.2. The third kappa shape index (κ3) is 4.58. The topological polar surface area (TPSA) is 59.7 Å². The second-order valence-corrected chi connectivity index (χ2v) is 7.89. The van der Waals surface area contributed by atoms with E-state index in [-0.39, 0.29) is 5.56 Å². The Kier molecular flexibility index (Phi) is 6.21. The van der Waals surface area contributed by atoms with E-state index in [0.29, 0.717) is 18.1 Å². The van der Waals surface area contributed by atoms with Crippen LogP contribution in [0.4, 0.5) is 0 Å². The van der Waals surface area contributed by atoms with Crippen LogP contribution in [0.15, 0.2) is 65.5 Å². The summed E-state index contributed by atoms with van der Waals surface area (Å²) in [5.74, 6) is 0.879. The highest BCUT2D eigenvalue weighted by atomic mass is 32.1. The van der Waals surface area contributed by atoms with E-state index in [1.54, 1.807) is 6.07 Å². The van der Waals surface area contributed by atoms with Crippen LogP contribution >= 0.6 is 11.3 Å². The first-order valence-electron chi connectivity index (χ1n) is 10.1. The molecule has 0 radical (unpaired) electrons. The van der Waals surface area contributed by atoms with Gasteiger partial charge in [0.2, 0.25) is 4.96 Å². The lowest BCUT2D eigenvalue weighted by Gasteiger charge is -2.20. The summed E-state index contributed by atoms with van der Waals surface area (Å²) in [7, 11) is 0. The number of hydrogen-bond acceptors (Lipinski definition) is 6. The molecule has 0 aliphatic carbocycles. The Hall–Kier alpha value is -3.03. The van der Waals surface area contributed by atoms with Crippen LogP contribution in [0.3, 0.4) is 0 Å². The molecule has 154 valence electrons. The number of ether oxygens (including phenoxy) is 1. The second-order valence-electron chi connectivity index (χ2n) is 6.93. The van der Waals surface area contributed by atoms with Gasteiger partial charge in [0.25, 0.3) is 5.56 Å². The zero-order valence-corrected chi connectivity index (χ0v) is 17.9. The molecule has 0 unspecified atom stereocenters. The number of fused-ring (bicyclic) bond motifs is 1. The number of rotatable bonds is 8. The van der Waals surface area contributed by atoms with Crippen LogP contribution in [-0.2, 0) is 13.1 Å². The molecule has 7 heteroatoms. The fraction of sp³-hybridized carbons (Fsp3) is 0.261. The summed E-state index contributed by atoms with van der Waals surface area (Å²) in [4.78, 5) is 20.2. The molecule has 0 amide bonds. The number of hydrogen-bond donors (Lipinski definition) is 0. The van der Waals surface area contributed by atoms with E-state index in [1.165, 1.54) is 21.4 Å². The van der Waals surface area contributed by atoms with Crippen molar-refractivity contribution < 1.29 is 4.74 Å². The van der Waals surface area contributed by atoms with Crippen molar-refractivity contribution in [3.63, 3.8) is 0 Å². The van der Waals surface area contributed by atoms with Crippen molar-refractivity contribution in [1.82, 2.24) is 19.5 Å². The Morgan fingerprint density at radius 3 is 2.50 bits per heavy atom. The van der Waals surface area contributed by atoms with E-state index in [9.17, 15) is 4.79 Å². The van der Waals surface area contributed by atoms with Crippen molar-refractivity contribution in [2.45, 2.75) is 26.9 Å². The first-order valence-corrected chi connectivity index (χ1v) is 10.9. The molecule has 4 aromatic rings. The molecule has 0 aliphatic rings. The number of benzene rings is 2. The molecule has 2 heterocycles. The molecule has 0 saturated carbocycles. The van der Waals surface area contributed by atoms with E-state index in [2.05, 4.69) is 29.1 Å². The molecule has 0 atom stereocenters. The molecule has 6 nitrogen and oxygen atoms in total. The lowest BCUT2D eigenvalue weighted by Crippen LogP contribution is -2.25. The minimum absolute atomic E-state index is 0.148. The fourth-order valence-corrected chi connectivity index (χ4v) is 4.19. The first kappa shape index (κ1) is 20.3. The molecule has 0 fully saturated rings. The molecule has 0 bridgehead atoms. The molecule has 0 spiro atoms. The Bertz CT molecular complexity index is 1170. The molecule has 2 aromatic carbocycles. The summed E-state index contributed by atoms with van der Waals surface area (Å²) in [6.07, 6.45) is 0. The van der Waals surface area contributed by atoms with E-state index < -0.39 is 0 Å². The molecule has 2 aromatic heterocycles. The van der Waals surface area contributed by atoms with Crippen molar-refractivity contribution in [3.05, 3.63) is 82.3 Å². The molecule has 4 rings (SSSR count). The zero-order valence-electron chi connectivity index (χ0n) is 17.1. The largest absolute Gasteiger partial charge is 0.494 e.